The van der Waals surface area contributed by atoms with E-state index in [1.54, 1.807) is 6.07 Å². The minimum absolute atomic E-state index is 0.0731. The summed E-state index contributed by atoms with van der Waals surface area (Å²) in [7, 11) is 0. The number of aliphatic hydroxyl groups is 2. The van der Waals surface area contributed by atoms with E-state index in [4.69, 9.17) is 20.8 Å². The summed E-state index contributed by atoms with van der Waals surface area (Å²) < 4.78 is 20.8. The van der Waals surface area contributed by atoms with Crippen molar-refractivity contribution in [2.24, 2.45) is 0 Å². The van der Waals surface area contributed by atoms with Crippen molar-refractivity contribution in [3.05, 3.63) is 12.3 Å². The molecule has 1 aliphatic rings. The van der Waals surface area contributed by atoms with Gasteiger partial charge in [0.1, 0.15) is 17.9 Å². The summed E-state index contributed by atoms with van der Waals surface area (Å²) in [4.78, 5) is 7.78. The number of hydrogen-bond donors (Lipinski definition) is 5. The van der Waals surface area contributed by atoms with Gasteiger partial charge in [-0.2, -0.15) is 9.97 Å². The van der Waals surface area contributed by atoms with Gasteiger partial charge in [0.05, 0.1) is 12.0 Å². The summed E-state index contributed by atoms with van der Waals surface area (Å²) >= 11 is 0. The molecular weight excluding hydrogens is 285 g/mol. The Morgan fingerprint density at radius 3 is 2.86 bits per heavy atom. The molecule has 9 nitrogen and oxygen atoms in total. The second-order valence-corrected chi connectivity index (χ2v) is 4.69. The molecule has 10 heteroatoms. The molecule has 0 aromatic carbocycles. The van der Waals surface area contributed by atoms with Gasteiger partial charge in [0, 0.05) is 6.20 Å². The predicted molar refractivity (Wildman–Crippen MR) is 69.2 cm³/mol. The molecule has 1 aliphatic heterocycles. The molecular formula is C11H14FN5O4. The Bertz CT molecular complexity index is 665. The largest absolute Gasteiger partial charge is 0.394 e. The lowest BCUT2D eigenvalue weighted by molar-refractivity contribution is -0.0457. The molecule has 0 spiro atoms. The van der Waals surface area contributed by atoms with Crippen molar-refractivity contribution in [3.8, 4) is 0 Å². The number of anilines is 2. The third kappa shape index (κ3) is 2.08. The summed E-state index contributed by atoms with van der Waals surface area (Å²) in [6.45, 7) is -0.502. The van der Waals surface area contributed by atoms with Crippen LogP contribution in [-0.4, -0.2) is 54.9 Å². The Morgan fingerprint density at radius 1 is 1.48 bits per heavy atom. The number of rotatable bonds is 3. The Hall–Kier alpha value is -2.01. The maximum absolute atomic E-state index is 14.1. The fourth-order valence-corrected chi connectivity index (χ4v) is 2.42. The third-order valence-electron chi connectivity index (χ3n) is 3.44. The number of nitrogens with one attached hydrogen (secondary N) is 1. The smallest absolute Gasteiger partial charge is 0.224 e. The van der Waals surface area contributed by atoms with Crippen LogP contribution in [-0.2, 0) is 4.74 Å². The summed E-state index contributed by atoms with van der Waals surface area (Å²) in [5.41, 5.74) is 7.65. The van der Waals surface area contributed by atoms with E-state index in [1.807, 2.05) is 5.48 Å². The zero-order valence-corrected chi connectivity index (χ0v) is 10.7. The molecule has 2 aromatic rings. The standard InChI is InChI=1S/C11H14FN5O4/c12-6-7(19)5(3-18)21-10(6)17-2-1-4-8(16-20)14-11(13)15-9(4)17/h1-2,5-7,10,18-20H,3H2,(H3,13,14,15,16)/t5-,6+,7-,10-/m1/s1. The van der Waals surface area contributed by atoms with Gasteiger partial charge < -0.3 is 25.3 Å². The molecule has 0 saturated carbocycles. The molecule has 0 unspecified atom stereocenters. The second-order valence-electron chi connectivity index (χ2n) is 4.69. The van der Waals surface area contributed by atoms with Gasteiger partial charge in [-0.1, -0.05) is 0 Å². The number of alkyl halides is 1. The van der Waals surface area contributed by atoms with E-state index in [0.717, 1.165) is 0 Å². The molecule has 0 bridgehead atoms. The van der Waals surface area contributed by atoms with Crippen LogP contribution in [0.3, 0.4) is 0 Å². The van der Waals surface area contributed by atoms with Crippen LogP contribution in [0.1, 0.15) is 6.23 Å². The van der Waals surface area contributed by atoms with Crippen molar-refractivity contribution in [2.45, 2.75) is 24.6 Å². The number of nitrogen functional groups attached to an aromatic ring is 1. The molecule has 0 aliphatic carbocycles. The number of halogens is 1. The van der Waals surface area contributed by atoms with E-state index in [2.05, 4.69) is 9.97 Å². The SMILES string of the molecule is Nc1nc(NO)c2ccn([C@@H]3O[C@H](CO)[C@@H](O)[C@@H]3F)c2n1. The number of aliphatic hydroxyl groups excluding tert-OH is 2. The molecule has 3 rings (SSSR count). The average Bonchev–Trinajstić information content (AvgIpc) is 3.01. The molecule has 2 aromatic heterocycles. The van der Waals surface area contributed by atoms with Gasteiger partial charge in [-0.25, -0.2) is 4.39 Å². The van der Waals surface area contributed by atoms with Gasteiger partial charge in [-0.3, -0.25) is 10.7 Å². The highest BCUT2D eigenvalue weighted by molar-refractivity contribution is 5.88. The second kappa shape index (κ2) is 5.07. The first kappa shape index (κ1) is 13.9. The van der Waals surface area contributed by atoms with E-state index in [1.165, 1.54) is 10.8 Å². The van der Waals surface area contributed by atoms with Crippen LogP contribution in [0.5, 0.6) is 0 Å². The van der Waals surface area contributed by atoms with Crippen molar-refractivity contribution >= 4 is 22.8 Å². The topological polar surface area (TPSA) is 139 Å². The number of ether oxygens (including phenoxy) is 1. The Morgan fingerprint density at radius 2 is 2.24 bits per heavy atom. The van der Waals surface area contributed by atoms with Crippen molar-refractivity contribution in [3.63, 3.8) is 0 Å². The molecule has 0 amide bonds. The zero-order valence-electron chi connectivity index (χ0n) is 10.7. The highest BCUT2D eigenvalue weighted by atomic mass is 19.1. The molecule has 3 heterocycles. The lowest BCUT2D eigenvalue weighted by atomic mass is 10.1. The van der Waals surface area contributed by atoms with Crippen LogP contribution in [0.25, 0.3) is 11.0 Å². The van der Waals surface area contributed by atoms with Crippen LogP contribution in [0.15, 0.2) is 12.3 Å². The first-order valence-corrected chi connectivity index (χ1v) is 6.19. The molecule has 1 fully saturated rings. The minimum Gasteiger partial charge on any atom is -0.394 e. The number of nitrogens with zero attached hydrogens (tertiary/aromatic N) is 3. The summed E-state index contributed by atoms with van der Waals surface area (Å²) in [5, 5.41) is 28.2. The number of nitrogens with two attached hydrogens (primary N) is 1. The third-order valence-corrected chi connectivity index (χ3v) is 3.44. The molecule has 1 saturated heterocycles. The van der Waals surface area contributed by atoms with Gasteiger partial charge in [-0.15, -0.1) is 0 Å². The van der Waals surface area contributed by atoms with Crippen LogP contribution < -0.4 is 11.2 Å². The van der Waals surface area contributed by atoms with E-state index in [-0.39, 0.29) is 17.4 Å². The monoisotopic (exact) mass is 299 g/mol. The lowest BCUT2D eigenvalue weighted by Gasteiger charge is -2.16. The first-order chi connectivity index (χ1) is 10.1. The summed E-state index contributed by atoms with van der Waals surface area (Å²) in [5.74, 6) is -0.0458. The van der Waals surface area contributed by atoms with Crippen molar-refractivity contribution in [1.29, 1.82) is 0 Å². The van der Waals surface area contributed by atoms with Crippen LogP contribution in [0, 0.1) is 0 Å². The minimum atomic E-state index is -1.74. The van der Waals surface area contributed by atoms with Crippen molar-refractivity contribution in [1.82, 2.24) is 14.5 Å². The van der Waals surface area contributed by atoms with Crippen LogP contribution in [0.2, 0.25) is 0 Å². The first-order valence-electron chi connectivity index (χ1n) is 6.19. The van der Waals surface area contributed by atoms with Gasteiger partial charge >= 0.3 is 0 Å². The Balaban J connectivity index is 2.07. The van der Waals surface area contributed by atoms with Gasteiger partial charge in [-0.05, 0) is 6.07 Å². The fraction of sp³-hybridized carbons (Fsp3) is 0.455. The van der Waals surface area contributed by atoms with E-state index in [9.17, 15) is 9.50 Å². The zero-order chi connectivity index (χ0) is 15.1. The number of hydrogen-bond acceptors (Lipinski definition) is 8. The number of fused-ring (bicyclic) bond motifs is 1. The van der Waals surface area contributed by atoms with Crippen molar-refractivity contribution in [2.75, 3.05) is 17.8 Å². The maximum atomic E-state index is 14.1. The highest BCUT2D eigenvalue weighted by Crippen LogP contribution is 2.35. The van der Waals surface area contributed by atoms with Gasteiger partial charge in [0.25, 0.3) is 0 Å². The van der Waals surface area contributed by atoms with E-state index >= 15 is 0 Å². The van der Waals surface area contributed by atoms with E-state index in [0.29, 0.717) is 5.39 Å². The Kier molecular flexibility index (Phi) is 3.37. The lowest BCUT2D eigenvalue weighted by Crippen LogP contribution is -2.30. The molecule has 21 heavy (non-hydrogen) atoms. The quantitative estimate of drug-likeness (QED) is 0.474. The fourth-order valence-electron chi connectivity index (χ4n) is 2.42. The molecule has 0 radical (unpaired) electrons. The van der Waals surface area contributed by atoms with E-state index < -0.39 is 31.2 Å². The van der Waals surface area contributed by atoms with Crippen LogP contribution >= 0.6 is 0 Å². The van der Waals surface area contributed by atoms with Gasteiger partial charge in [0.15, 0.2) is 18.2 Å². The number of aromatic nitrogens is 3. The molecule has 114 valence electrons. The molecule has 6 N–H and O–H groups in total. The highest BCUT2D eigenvalue weighted by Gasteiger charge is 2.45. The average molecular weight is 299 g/mol. The summed E-state index contributed by atoms with van der Waals surface area (Å²) in [6.07, 6.45) is -3.87. The molecule has 4 atom stereocenters. The maximum Gasteiger partial charge on any atom is 0.224 e. The Labute approximate surface area is 117 Å². The normalized spacial score (nSPS) is 29.1. The predicted octanol–water partition coefficient (Wildman–Crippen LogP) is -0.597. The van der Waals surface area contributed by atoms with Crippen LogP contribution in [0.4, 0.5) is 16.2 Å². The van der Waals surface area contributed by atoms with Gasteiger partial charge in [0.2, 0.25) is 5.95 Å². The van der Waals surface area contributed by atoms with Crippen molar-refractivity contribution < 1.29 is 24.5 Å². The summed E-state index contributed by atoms with van der Waals surface area (Å²) in [6, 6.07) is 1.54.